The monoisotopic (exact) mass is 133 g/mol. The Labute approximate surface area is 51.4 Å². The second-order valence-electron chi connectivity index (χ2n) is 1.48. The molecule has 0 aliphatic rings. The predicted octanol–water partition coefficient (Wildman–Crippen LogP) is -2.46. The summed E-state index contributed by atoms with van der Waals surface area (Å²) in [6.45, 7) is 0. The summed E-state index contributed by atoms with van der Waals surface area (Å²) in [5, 5.41) is 40.9. The summed E-state index contributed by atoms with van der Waals surface area (Å²) in [5.74, 6) is 0. The minimum Gasteiger partial charge on any atom is -0.384 e. The first-order chi connectivity index (χ1) is 4.09. The lowest BCUT2D eigenvalue weighted by Crippen LogP contribution is -2.35. The molecule has 0 radical (unpaired) electrons. The van der Waals surface area contributed by atoms with Gasteiger partial charge in [-0.2, -0.15) is 5.26 Å². The minimum atomic E-state index is -2.07. The fourth-order valence-corrected chi connectivity index (χ4v) is 0.239. The summed E-state index contributed by atoms with van der Waals surface area (Å²) in [6.07, 6.45) is -5.63. The Morgan fingerprint density at radius 2 is 1.56 bits per heavy atom. The maximum atomic E-state index is 8.42. The number of rotatable bonds is 2. The molecular formula is C4H7NO4. The van der Waals surface area contributed by atoms with Crippen molar-refractivity contribution in [3.05, 3.63) is 0 Å². The topological polar surface area (TPSA) is 105 Å². The van der Waals surface area contributed by atoms with Gasteiger partial charge in [0.1, 0.15) is 6.10 Å². The van der Waals surface area contributed by atoms with Crippen LogP contribution in [0.5, 0.6) is 0 Å². The van der Waals surface area contributed by atoms with E-state index in [0.717, 1.165) is 0 Å². The Kier molecular flexibility index (Phi) is 3.12. The molecule has 4 N–H and O–H groups in total. The maximum Gasteiger partial charge on any atom is 0.181 e. The van der Waals surface area contributed by atoms with Crippen LogP contribution in [0.25, 0.3) is 0 Å². The van der Waals surface area contributed by atoms with Crippen molar-refractivity contribution in [1.82, 2.24) is 0 Å². The Morgan fingerprint density at radius 3 is 1.67 bits per heavy atom. The molecule has 52 valence electrons. The van der Waals surface area contributed by atoms with Crippen LogP contribution in [0.2, 0.25) is 0 Å². The van der Waals surface area contributed by atoms with Crippen molar-refractivity contribution in [2.24, 2.45) is 0 Å². The molecule has 0 aliphatic carbocycles. The fourth-order valence-electron chi connectivity index (χ4n) is 0.239. The van der Waals surface area contributed by atoms with Crippen molar-refractivity contribution in [3.8, 4) is 6.07 Å². The van der Waals surface area contributed by atoms with Gasteiger partial charge in [-0.25, -0.2) is 0 Å². The van der Waals surface area contributed by atoms with Gasteiger partial charge in [0.05, 0.1) is 6.07 Å². The van der Waals surface area contributed by atoms with Gasteiger partial charge in [0.25, 0.3) is 0 Å². The molecule has 0 aromatic carbocycles. The van der Waals surface area contributed by atoms with Gasteiger partial charge in [0.15, 0.2) is 12.4 Å². The molecule has 0 fully saturated rings. The average Bonchev–Trinajstić information content (AvgIpc) is 1.84. The highest BCUT2D eigenvalue weighted by Gasteiger charge is 2.21. The summed E-state index contributed by atoms with van der Waals surface area (Å²) in [5.41, 5.74) is 0. The SMILES string of the molecule is N#CC(O)C(O)C(O)O. The van der Waals surface area contributed by atoms with Crippen LogP contribution in [0.3, 0.4) is 0 Å². The van der Waals surface area contributed by atoms with Crippen molar-refractivity contribution in [3.63, 3.8) is 0 Å². The highest BCUT2D eigenvalue weighted by molar-refractivity contribution is 4.88. The molecular weight excluding hydrogens is 126 g/mol. The Hall–Kier alpha value is -0.670. The summed E-state index contributed by atoms with van der Waals surface area (Å²) in [4.78, 5) is 0. The van der Waals surface area contributed by atoms with Gasteiger partial charge in [-0.05, 0) is 0 Å². The standard InChI is InChI=1S/C4H7NO4/c5-1-2(6)3(7)4(8)9/h2-4,6-9H. The third-order valence-corrected chi connectivity index (χ3v) is 0.761. The van der Waals surface area contributed by atoms with Crippen LogP contribution in [0.1, 0.15) is 0 Å². The van der Waals surface area contributed by atoms with E-state index in [9.17, 15) is 0 Å². The molecule has 0 aromatic rings. The van der Waals surface area contributed by atoms with E-state index in [1.54, 1.807) is 0 Å². The summed E-state index contributed by atoms with van der Waals surface area (Å²) in [7, 11) is 0. The Bertz CT molecular complexity index is 118. The molecule has 0 saturated heterocycles. The second-order valence-corrected chi connectivity index (χ2v) is 1.48. The van der Waals surface area contributed by atoms with E-state index >= 15 is 0 Å². The van der Waals surface area contributed by atoms with Crippen LogP contribution >= 0.6 is 0 Å². The van der Waals surface area contributed by atoms with Crippen LogP contribution in [0, 0.1) is 11.3 Å². The molecule has 2 atom stereocenters. The number of hydrogen-bond donors (Lipinski definition) is 4. The van der Waals surface area contributed by atoms with Gasteiger partial charge in [0, 0.05) is 0 Å². The van der Waals surface area contributed by atoms with E-state index in [1.165, 1.54) is 6.07 Å². The molecule has 0 rings (SSSR count). The summed E-state index contributed by atoms with van der Waals surface area (Å²) >= 11 is 0. The van der Waals surface area contributed by atoms with Crippen molar-refractivity contribution >= 4 is 0 Å². The molecule has 9 heavy (non-hydrogen) atoms. The van der Waals surface area contributed by atoms with Crippen LogP contribution in [0.4, 0.5) is 0 Å². The highest BCUT2D eigenvalue weighted by atomic mass is 16.5. The molecule has 0 bridgehead atoms. The van der Waals surface area contributed by atoms with Crippen molar-refractivity contribution < 1.29 is 20.4 Å². The molecule has 5 heteroatoms. The minimum absolute atomic E-state index is 1.23. The maximum absolute atomic E-state index is 8.42. The molecule has 5 nitrogen and oxygen atoms in total. The smallest absolute Gasteiger partial charge is 0.181 e. The zero-order valence-corrected chi connectivity index (χ0v) is 4.47. The van der Waals surface area contributed by atoms with Gasteiger partial charge in [0.2, 0.25) is 0 Å². The molecule has 0 aromatic heterocycles. The summed E-state index contributed by atoms with van der Waals surface area (Å²) in [6, 6.07) is 1.23. The largest absolute Gasteiger partial charge is 0.384 e. The highest BCUT2D eigenvalue weighted by Crippen LogP contribution is 1.94. The van der Waals surface area contributed by atoms with E-state index in [4.69, 9.17) is 25.7 Å². The molecule has 0 heterocycles. The van der Waals surface area contributed by atoms with Gasteiger partial charge >= 0.3 is 0 Å². The van der Waals surface area contributed by atoms with E-state index in [1.807, 2.05) is 0 Å². The van der Waals surface area contributed by atoms with E-state index in [0.29, 0.717) is 0 Å². The summed E-state index contributed by atoms with van der Waals surface area (Å²) < 4.78 is 0. The zero-order chi connectivity index (χ0) is 7.44. The first-order valence-corrected chi connectivity index (χ1v) is 2.21. The fraction of sp³-hybridized carbons (Fsp3) is 0.750. The van der Waals surface area contributed by atoms with Crippen LogP contribution in [0.15, 0.2) is 0 Å². The van der Waals surface area contributed by atoms with Crippen LogP contribution in [-0.2, 0) is 0 Å². The van der Waals surface area contributed by atoms with Crippen LogP contribution in [-0.4, -0.2) is 38.9 Å². The van der Waals surface area contributed by atoms with Gasteiger partial charge in [-0.15, -0.1) is 0 Å². The van der Waals surface area contributed by atoms with Gasteiger partial charge < -0.3 is 20.4 Å². The molecule has 2 unspecified atom stereocenters. The average molecular weight is 133 g/mol. The van der Waals surface area contributed by atoms with Crippen LogP contribution < -0.4 is 0 Å². The third-order valence-electron chi connectivity index (χ3n) is 0.761. The normalized spacial score (nSPS) is 16.9. The van der Waals surface area contributed by atoms with E-state index in [-0.39, 0.29) is 0 Å². The molecule has 0 spiro atoms. The van der Waals surface area contributed by atoms with E-state index in [2.05, 4.69) is 0 Å². The van der Waals surface area contributed by atoms with Gasteiger partial charge in [-0.3, -0.25) is 0 Å². The Morgan fingerprint density at radius 1 is 1.11 bits per heavy atom. The second kappa shape index (κ2) is 3.37. The number of nitriles is 1. The first kappa shape index (κ1) is 8.33. The lowest BCUT2D eigenvalue weighted by molar-refractivity contribution is -0.147. The van der Waals surface area contributed by atoms with Crippen molar-refractivity contribution in [2.75, 3.05) is 0 Å². The lowest BCUT2D eigenvalue weighted by Gasteiger charge is -2.12. The van der Waals surface area contributed by atoms with Gasteiger partial charge in [-0.1, -0.05) is 0 Å². The molecule has 0 aliphatic heterocycles. The molecule has 0 amide bonds. The van der Waals surface area contributed by atoms with Crippen molar-refractivity contribution in [1.29, 1.82) is 5.26 Å². The Balaban J connectivity index is 3.76. The quantitative estimate of drug-likeness (QED) is 0.247. The number of nitrogens with zero attached hydrogens (tertiary/aromatic N) is 1. The predicted molar refractivity (Wildman–Crippen MR) is 25.9 cm³/mol. The molecule has 0 saturated carbocycles. The lowest BCUT2D eigenvalue weighted by atomic mass is 10.2. The number of hydrogen-bond acceptors (Lipinski definition) is 5. The van der Waals surface area contributed by atoms with Crippen molar-refractivity contribution in [2.45, 2.75) is 18.5 Å². The third kappa shape index (κ3) is 2.39. The number of aliphatic hydroxyl groups is 4. The first-order valence-electron chi connectivity index (χ1n) is 2.21. The number of aliphatic hydroxyl groups excluding tert-OH is 3. The zero-order valence-electron chi connectivity index (χ0n) is 4.47. The van der Waals surface area contributed by atoms with E-state index < -0.39 is 18.5 Å².